The molecule has 1 N–H and O–H groups in total. The summed E-state index contributed by atoms with van der Waals surface area (Å²) >= 11 is 0. The standard InChI is InChI=1S/C12H21NO4/c1-7(6-17-5)13(4)10(14)8-9(11(15)16)12(8,2)3/h7-9H,6H2,1-5H3,(H,15,16). The van der Waals surface area contributed by atoms with Crippen molar-refractivity contribution in [2.45, 2.75) is 26.8 Å². The number of rotatable bonds is 5. The van der Waals surface area contributed by atoms with Crippen LogP contribution in [0.2, 0.25) is 0 Å². The molecule has 0 radical (unpaired) electrons. The average Bonchev–Trinajstić information content (AvgIpc) is 2.80. The fraction of sp³-hybridized carbons (Fsp3) is 0.833. The summed E-state index contributed by atoms with van der Waals surface area (Å²) in [7, 11) is 3.27. The molecule has 1 amide bonds. The molecule has 5 nitrogen and oxygen atoms in total. The van der Waals surface area contributed by atoms with Crippen molar-refractivity contribution in [3.8, 4) is 0 Å². The molecule has 3 unspecified atom stereocenters. The predicted octanol–water partition coefficient (Wildman–Crippen LogP) is 0.837. The number of likely N-dealkylation sites (N-methyl/N-ethyl adjacent to an activating group) is 1. The summed E-state index contributed by atoms with van der Waals surface area (Å²) in [4.78, 5) is 24.8. The maximum absolute atomic E-state index is 12.2. The molecule has 0 spiro atoms. The second-order valence-corrected chi connectivity index (χ2v) is 5.37. The van der Waals surface area contributed by atoms with E-state index in [1.165, 1.54) is 0 Å². The third-order valence-electron chi connectivity index (χ3n) is 3.78. The SMILES string of the molecule is COCC(C)N(C)C(=O)C1C(C(=O)O)C1(C)C. The van der Waals surface area contributed by atoms with Crippen molar-refractivity contribution in [3.05, 3.63) is 0 Å². The molecule has 1 aliphatic rings. The third kappa shape index (κ3) is 2.44. The Labute approximate surface area is 102 Å². The van der Waals surface area contributed by atoms with Crippen molar-refractivity contribution in [3.63, 3.8) is 0 Å². The van der Waals surface area contributed by atoms with Crippen LogP contribution in [0.15, 0.2) is 0 Å². The smallest absolute Gasteiger partial charge is 0.307 e. The van der Waals surface area contributed by atoms with Crippen molar-refractivity contribution in [2.24, 2.45) is 17.3 Å². The average molecular weight is 243 g/mol. The van der Waals surface area contributed by atoms with Gasteiger partial charge in [-0.2, -0.15) is 0 Å². The van der Waals surface area contributed by atoms with Gasteiger partial charge < -0.3 is 14.7 Å². The molecule has 1 aliphatic carbocycles. The van der Waals surface area contributed by atoms with Crippen LogP contribution in [0.1, 0.15) is 20.8 Å². The van der Waals surface area contributed by atoms with Gasteiger partial charge in [0.05, 0.1) is 24.5 Å². The van der Waals surface area contributed by atoms with E-state index in [2.05, 4.69) is 0 Å². The van der Waals surface area contributed by atoms with Crippen LogP contribution in [0, 0.1) is 17.3 Å². The predicted molar refractivity (Wildman–Crippen MR) is 62.5 cm³/mol. The first-order chi connectivity index (χ1) is 7.75. The molecule has 0 aromatic rings. The number of ether oxygens (including phenoxy) is 1. The lowest BCUT2D eigenvalue weighted by Gasteiger charge is -2.25. The monoisotopic (exact) mass is 243 g/mol. The molecule has 17 heavy (non-hydrogen) atoms. The Kier molecular flexibility index (Phi) is 3.81. The van der Waals surface area contributed by atoms with Gasteiger partial charge in [0.2, 0.25) is 5.91 Å². The number of nitrogens with zero attached hydrogens (tertiary/aromatic N) is 1. The summed E-state index contributed by atoms with van der Waals surface area (Å²) in [5, 5.41) is 9.04. The molecule has 5 heteroatoms. The first-order valence-electron chi connectivity index (χ1n) is 5.73. The highest BCUT2D eigenvalue weighted by molar-refractivity contribution is 5.91. The number of hydrogen-bond donors (Lipinski definition) is 1. The molecule has 3 atom stereocenters. The number of aliphatic carboxylic acids is 1. The molecule has 1 saturated carbocycles. The van der Waals surface area contributed by atoms with E-state index in [4.69, 9.17) is 9.84 Å². The van der Waals surface area contributed by atoms with Gasteiger partial charge in [-0.1, -0.05) is 13.8 Å². The highest BCUT2D eigenvalue weighted by Gasteiger charge is 2.66. The molecule has 1 rings (SSSR count). The Hall–Kier alpha value is -1.10. The summed E-state index contributed by atoms with van der Waals surface area (Å²) in [6.45, 7) is 5.98. The number of carboxylic acids is 1. The molecule has 0 saturated heterocycles. The van der Waals surface area contributed by atoms with Crippen molar-refractivity contribution >= 4 is 11.9 Å². The number of carbonyl (C=O) groups is 2. The van der Waals surface area contributed by atoms with Gasteiger partial charge in [-0.05, 0) is 12.3 Å². The van der Waals surface area contributed by atoms with E-state index in [9.17, 15) is 9.59 Å². The Morgan fingerprint density at radius 1 is 1.41 bits per heavy atom. The zero-order valence-corrected chi connectivity index (χ0v) is 11.1. The minimum Gasteiger partial charge on any atom is -0.481 e. The minimum atomic E-state index is -0.888. The summed E-state index contributed by atoms with van der Waals surface area (Å²) in [6, 6.07) is -0.0432. The van der Waals surface area contributed by atoms with Gasteiger partial charge in [-0.25, -0.2) is 0 Å². The normalized spacial score (nSPS) is 27.4. The molecule has 1 fully saturated rings. The first kappa shape index (κ1) is 14.0. The van der Waals surface area contributed by atoms with E-state index in [1.54, 1.807) is 19.1 Å². The van der Waals surface area contributed by atoms with E-state index in [0.29, 0.717) is 6.61 Å². The topological polar surface area (TPSA) is 66.8 Å². The quantitative estimate of drug-likeness (QED) is 0.777. The Morgan fingerprint density at radius 3 is 2.29 bits per heavy atom. The number of carbonyl (C=O) groups excluding carboxylic acids is 1. The van der Waals surface area contributed by atoms with Crippen molar-refractivity contribution < 1.29 is 19.4 Å². The molecule has 0 bridgehead atoms. The number of methoxy groups -OCH3 is 1. The second kappa shape index (κ2) is 4.64. The van der Waals surface area contributed by atoms with Gasteiger partial charge in [0, 0.05) is 14.2 Å². The first-order valence-corrected chi connectivity index (χ1v) is 5.73. The molecule has 0 aromatic carbocycles. The Balaban J connectivity index is 2.69. The van der Waals surface area contributed by atoms with Crippen LogP contribution in [-0.2, 0) is 14.3 Å². The highest BCUT2D eigenvalue weighted by Crippen LogP contribution is 2.59. The molecular weight excluding hydrogens is 222 g/mol. The van der Waals surface area contributed by atoms with Crippen LogP contribution in [0.5, 0.6) is 0 Å². The molecule has 0 aliphatic heterocycles. The fourth-order valence-corrected chi connectivity index (χ4v) is 2.35. The zero-order chi connectivity index (χ0) is 13.4. The summed E-state index contributed by atoms with van der Waals surface area (Å²) in [5.41, 5.74) is -0.441. The molecule has 0 heterocycles. The lowest BCUT2D eigenvalue weighted by Crippen LogP contribution is -2.39. The largest absolute Gasteiger partial charge is 0.481 e. The van der Waals surface area contributed by atoms with Crippen LogP contribution in [0.25, 0.3) is 0 Å². The highest BCUT2D eigenvalue weighted by atomic mass is 16.5. The number of amides is 1. The fourth-order valence-electron chi connectivity index (χ4n) is 2.35. The van der Waals surface area contributed by atoms with Gasteiger partial charge >= 0.3 is 5.97 Å². The van der Waals surface area contributed by atoms with Crippen LogP contribution in [0.4, 0.5) is 0 Å². The zero-order valence-electron chi connectivity index (χ0n) is 11.1. The van der Waals surface area contributed by atoms with Gasteiger partial charge in [0.15, 0.2) is 0 Å². The van der Waals surface area contributed by atoms with Crippen LogP contribution in [0.3, 0.4) is 0 Å². The number of carboxylic acid groups (broad SMARTS) is 1. The van der Waals surface area contributed by atoms with Gasteiger partial charge in [0.25, 0.3) is 0 Å². The molecule has 0 aromatic heterocycles. The summed E-state index contributed by atoms with van der Waals surface area (Å²) in [5.74, 6) is -1.97. The van der Waals surface area contributed by atoms with Crippen LogP contribution in [-0.4, -0.2) is 48.7 Å². The maximum atomic E-state index is 12.2. The third-order valence-corrected chi connectivity index (χ3v) is 3.78. The lowest BCUT2D eigenvalue weighted by molar-refractivity contribution is -0.142. The van der Waals surface area contributed by atoms with E-state index < -0.39 is 23.2 Å². The minimum absolute atomic E-state index is 0.0432. The van der Waals surface area contributed by atoms with E-state index in [-0.39, 0.29) is 11.9 Å². The van der Waals surface area contributed by atoms with Crippen LogP contribution < -0.4 is 0 Å². The molecule has 98 valence electrons. The molecular formula is C12H21NO4. The summed E-state index contributed by atoms with van der Waals surface area (Å²) < 4.78 is 4.99. The van der Waals surface area contributed by atoms with E-state index in [0.717, 1.165) is 0 Å². The van der Waals surface area contributed by atoms with E-state index >= 15 is 0 Å². The second-order valence-electron chi connectivity index (χ2n) is 5.37. The Morgan fingerprint density at radius 2 is 1.94 bits per heavy atom. The number of hydrogen-bond acceptors (Lipinski definition) is 3. The summed E-state index contributed by atoms with van der Waals surface area (Å²) in [6.07, 6.45) is 0. The van der Waals surface area contributed by atoms with Gasteiger partial charge in [-0.15, -0.1) is 0 Å². The van der Waals surface area contributed by atoms with Crippen LogP contribution >= 0.6 is 0 Å². The lowest BCUT2D eigenvalue weighted by atomic mass is 10.1. The van der Waals surface area contributed by atoms with E-state index in [1.807, 2.05) is 20.8 Å². The van der Waals surface area contributed by atoms with Crippen molar-refractivity contribution in [2.75, 3.05) is 20.8 Å². The van der Waals surface area contributed by atoms with Crippen molar-refractivity contribution in [1.29, 1.82) is 0 Å². The Bertz CT molecular complexity index is 326. The maximum Gasteiger partial charge on any atom is 0.307 e. The van der Waals surface area contributed by atoms with Gasteiger partial charge in [-0.3, -0.25) is 9.59 Å². The van der Waals surface area contributed by atoms with Gasteiger partial charge in [0.1, 0.15) is 0 Å². The van der Waals surface area contributed by atoms with Crippen molar-refractivity contribution in [1.82, 2.24) is 4.90 Å².